The predicted molar refractivity (Wildman–Crippen MR) is 79.4 cm³/mol. The molecular weight excluding hydrogens is 308 g/mol. The number of nitrogens with two attached hydrogens (primary N) is 1. The third-order valence-corrected chi connectivity index (χ3v) is 3.73. The summed E-state index contributed by atoms with van der Waals surface area (Å²) in [5, 5.41) is 12.9. The van der Waals surface area contributed by atoms with Gasteiger partial charge < -0.3 is 10.5 Å². The highest BCUT2D eigenvalue weighted by atomic mass is 32.1. The van der Waals surface area contributed by atoms with E-state index in [0.717, 1.165) is 10.9 Å². The van der Waals surface area contributed by atoms with Gasteiger partial charge in [-0.1, -0.05) is 6.07 Å². The van der Waals surface area contributed by atoms with Gasteiger partial charge >= 0.3 is 5.97 Å². The van der Waals surface area contributed by atoms with Crippen LogP contribution in [0.1, 0.15) is 20.8 Å². The number of esters is 1. The number of ether oxygens (including phenoxy) is 1. The van der Waals surface area contributed by atoms with E-state index < -0.39 is 16.8 Å². The normalized spacial score (nSPS) is 10.2. The lowest BCUT2D eigenvalue weighted by Crippen LogP contribution is -2.12. The number of carbonyl (C=O) groups is 2. The summed E-state index contributed by atoms with van der Waals surface area (Å²) in [6.45, 7) is -0.237. The van der Waals surface area contributed by atoms with E-state index in [4.69, 9.17) is 10.5 Å². The Hall–Kier alpha value is -2.74. The van der Waals surface area contributed by atoms with Crippen molar-refractivity contribution in [1.29, 1.82) is 0 Å². The van der Waals surface area contributed by atoms with Crippen LogP contribution in [0.15, 0.2) is 35.7 Å². The molecule has 0 saturated carbocycles. The molecule has 0 saturated heterocycles. The van der Waals surface area contributed by atoms with Crippen LogP contribution in [-0.2, 0) is 22.6 Å². The highest BCUT2D eigenvalue weighted by Gasteiger charge is 2.18. The molecule has 0 aliphatic heterocycles. The van der Waals surface area contributed by atoms with E-state index in [1.807, 2.05) is 11.4 Å². The number of hydrogen-bond acceptors (Lipinski definition) is 6. The maximum Gasteiger partial charge on any atom is 0.311 e. The molecule has 2 N–H and O–H groups in total. The van der Waals surface area contributed by atoms with Crippen LogP contribution >= 0.6 is 11.3 Å². The molecule has 1 aromatic heterocycles. The molecule has 0 unspecified atom stereocenters. The van der Waals surface area contributed by atoms with Gasteiger partial charge in [-0.2, -0.15) is 0 Å². The first kappa shape index (κ1) is 15.6. The number of nitro benzene ring substituents is 1. The number of thiophene rings is 1. The fourth-order valence-corrected chi connectivity index (χ4v) is 2.46. The number of primary amides is 1. The molecule has 114 valence electrons. The van der Waals surface area contributed by atoms with E-state index in [1.165, 1.54) is 23.5 Å². The fraction of sp³-hybridized carbons (Fsp3) is 0.143. The van der Waals surface area contributed by atoms with Gasteiger partial charge in [-0.05, 0) is 23.6 Å². The number of rotatable bonds is 6. The molecule has 0 bridgehead atoms. The second-order valence-electron chi connectivity index (χ2n) is 4.38. The minimum Gasteiger partial charge on any atom is -0.460 e. The summed E-state index contributed by atoms with van der Waals surface area (Å²) in [6, 6.07) is 7.41. The van der Waals surface area contributed by atoms with Gasteiger partial charge in [-0.3, -0.25) is 19.7 Å². The maximum absolute atomic E-state index is 11.7. The molecule has 0 aliphatic rings. The first-order chi connectivity index (χ1) is 10.5. The Labute approximate surface area is 129 Å². The van der Waals surface area contributed by atoms with Crippen LogP contribution in [0.5, 0.6) is 0 Å². The summed E-state index contributed by atoms with van der Waals surface area (Å²) >= 11 is 1.43. The van der Waals surface area contributed by atoms with Crippen LogP contribution < -0.4 is 5.73 Å². The molecule has 1 heterocycles. The van der Waals surface area contributed by atoms with Gasteiger partial charge in [0.05, 0.1) is 16.9 Å². The molecule has 0 atom stereocenters. The summed E-state index contributed by atoms with van der Waals surface area (Å²) in [4.78, 5) is 33.9. The molecule has 1 amide bonds. The molecule has 22 heavy (non-hydrogen) atoms. The minimum absolute atomic E-state index is 0.0281. The molecule has 0 fully saturated rings. The predicted octanol–water partition coefficient (Wildman–Crippen LogP) is 2.04. The van der Waals surface area contributed by atoms with E-state index in [9.17, 15) is 19.7 Å². The van der Waals surface area contributed by atoms with Gasteiger partial charge in [-0.15, -0.1) is 11.3 Å². The highest BCUT2D eigenvalue weighted by Crippen LogP contribution is 2.21. The molecule has 1 aromatic carbocycles. The van der Waals surface area contributed by atoms with Crippen molar-refractivity contribution >= 4 is 28.9 Å². The summed E-state index contributed by atoms with van der Waals surface area (Å²) in [6.07, 6.45) is 0.116. The monoisotopic (exact) mass is 320 g/mol. The van der Waals surface area contributed by atoms with Gasteiger partial charge in [0.15, 0.2) is 0 Å². The molecule has 0 aliphatic carbocycles. The van der Waals surface area contributed by atoms with Gasteiger partial charge in [0.25, 0.3) is 5.69 Å². The van der Waals surface area contributed by atoms with E-state index in [0.29, 0.717) is 0 Å². The van der Waals surface area contributed by atoms with Gasteiger partial charge in [-0.25, -0.2) is 0 Å². The lowest BCUT2D eigenvalue weighted by atomic mass is 10.1. The van der Waals surface area contributed by atoms with Crippen LogP contribution in [0.2, 0.25) is 0 Å². The van der Waals surface area contributed by atoms with Crippen LogP contribution in [0.3, 0.4) is 0 Å². The van der Waals surface area contributed by atoms with Gasteiger partial charge in [0.2, 0.25) is 5.91 Å². The van der Waals surface area contributed by atoms with Crippen LogP contribution in [-0.4, -0.2) is 16.8 Å². The third kappa shape index (κ3) is 3.89. The van der Waals surface area contributed by atoms with Crippen molar-refractivity contribution in [3.8, 4) is 0 Å². The minimum atomic E-state index is -0.760. The lowest BCUT2D eigenvalue weighted by Gasteiger charge is -2.06. The average Bonchev–Trinajstić information content (AvgIpc) is 2.97. The molecule has 2 aromatic rings. The van der Waals surface area contributed by atoms with Gasteiger partial charge in [0, 0.05) is 16.5 Å². The molecule has 2 rings (SSSR count). The van der Waals surface area contributed by atoms with Crippen LogP contribution in [0.25, 0.3) is 0 Å². The Morgan fingerprint density at radius 1 is 1.32 bits per heavy atom. The molecular formula is C14H12N2O5S. The Morgan fingerprint density at radius 2 is 2.09 bits per heavy atom. The number of carbonyl (C=O) groups excluding carboxylic acids is 2. The van der Waals surface area contributed by atoms with Crippen molar-refractivity contribution in [3.05, 3.63) is 61.8 Å². The van der Waals surface area contributed by atoms with E-state index in [2.05, 4.69) is 0 Å². The molecule has 0 radical (unpaired) electrons. The zero-order valence-electron chi connectivity index (χ0n) is 11.4. The van der Waals surface area contributed by atoms with E-state index >= 15 is 0 Å². The van der Waals surface area contributed by atoms with Crippen LogP contribution in [0.4, 0.5) is 5.69 Å². The number of nitrogens with zero attached hydrogens (tertiary/aromatic N) is 1. The van der Waals surface area contributed by atoms with E-state index in [1.54, 1.807) is 6.07 Å². The zero-order valence-corrected chi connectivity index (χ0v) is 12.2. The van der Waals surface area contributed by atoms with Crippen molar-refractivity contribution in [3.63, 3.8) is 0 Å². The Balaban J connectivity index is 2.07. The smallest absolute Gasteiger partial charge is 0.311 e. The van der Waals surface area contributed by atoms with E-state index in [-0.39, 0.29) is 29.8 Å². The summed E-state index contributed by atoms with van der Waals surface area (Å²) in [5.41, 5.74) is 5.01. The van der Waals surface area contributed by atoms with Gasteiger partial charge in [0.1, 0.15) is 6.61 Å². The quantitative estimate of drug-likeness (QED) is 0.497. The lowest BCUT2D eigenvalue weighted by molar-refractivity contribution is -0.385. The Morgan fingerprint density at radius 3 is 2.68 bits per heavy atom. The van der Waals surface area contributed by atoms with Crippen molar-refractivity contribution in [1.82, 2.24) is 0 Å². The molecule has 0 spiro atoms. The van der Waals surface area contributed by atoms with Crippen molar-refractivity contribution in [2.75, 3.05) is 0 Å². The number of amides is 1. The third-order valence-electron chi connectivity index (χ3n) is 2.85. The number of nitro groups is 1. The van der Waals surface area contributed by atoms with Crippen molar-refractivity contribution < 1.29 is 19.2 Å². The summed E-state index contributed by atoms with van der Waals surface area (Å²) in [5.74, 6) is -1.24. The SMILES string of the molecule is NC(=O)c1ccc(COC(=O)Cc2cccs2)c([N+](=O)[O-])c1. The first-order valence-electron chi connectivity index (χ1n) is 6.22. The highest BCUT2D eigenvalue weighted by molar-refractivity contribution is 7.10. The first-order valence-corrected chi connectivity index (χ1v) is 7.10. The summed E-state index contributed by atoms with van der Waals surface area (Å²) in [7, 11) is 0. The number of hydrogen-bond donors (Lipinski definition) is 1. The van der Waals surface area contributed by atoms with Crippen molar-refractivity contribution in [2.24, 2.45) is 5.73 Å². The topological polar surface area (TPSA) is 113 Å². The second kappa shape index (κ2) is 6.81. The largest absolute Gasteiger partial charge is 0.460 e. The van der Waals surface area contributed by atoms with Crippen LogP contribution in [0, 0.1) is 10.1 Å². The van der Waals surface area contributed by atoms with Crippen molar-refractivity contribution in [2.45, 2.75) is 13.0 Å². The average molecular weight is 320 g/mol. The maximum atomic E-state index is 11.7. The fourth-order valence-electron chi connectivity index (χ4n) is 1.77. The molecule has 7 nitrogen and oxygen atoms in total. The molecule has 8 heteroatoms. The zero-order chi connectivity index (χ0) is 16.1. The Bertz CT molecular complexity index is 712. The summed E-state index contributed by atoms with van der Waals surface area (Å²) < 4.78 is 5.04. The Kier molecular flexibility index (Phi) is 4.84. The number of benzene rings is 1. The second-order valence-corrected chi connectivity index (χ2v) is 5.41. The standard InChI is InChI=1S/C14H12N2O5S/c15-14(18)9-3-4-10(12(6-9)16(19)20)8-21-13(17)7-11-2-1-5-22-11/h1-6H,7-8H2,(H2,15,18).